The van der Waals surface area contributed by atoms with Gasteiger partial charge in [0.15, 0.2) is 0 Å². The first-order valence-corrected chi connectivity index (χ1v) is 31.6. The molecule has 32 heteroatoms. The lowest BCUT2D eigenvalue weighted by Gasteiger charge is -2.34. The lowest BCUT2D eigenvalue weighted by molar-refractivity contribution is -0.147. The fourth-order valence-corrected chi connectivity index (χ4v) is 11.6. The Labute approximate surface area is 529 Å². The Morgan fingerprint density at radius 3 is 1.44 bits per heavy atom. The molecule has 0 aromatic carbocycles. The molecule has 12 atom stereocenters. The zero-order chi connectivity index (χ0) is 68.0. The number of likely N-dealkylation sites (tertiary alicyclic amines) is 3. The maximum Gasteiger partial charge on any atom is 0.326 e. The zero-order valence-corrected chi connectivity index (χ0v) is 53.2. The van der Waals surface area contributed by atoms with Gasteiger partial charge in [-0.3, -0.25) is 67.1 Å². The van der Waals surface area contributed by atoms with E-state index in [0.29, 0.717) is 38.6 Å². The highest BCUT2D eigenvalue weighted by atomic mass is 16.4. The predicted octanol–water partition coefficient (Wildman–Crippen LogP) is -3.21. The first-order chi connectivity index (χ1) is 42.9. The number of carboxylic acid groups (broad SMARTS) is 3. The predicted molar refractivity (Wildman–Crippen MR) is 324 cm³/mol. The van der Waals surface area contributed by atoms with Crippen LogP contribution in [-0.2, 0) is 71.9 Å². The molecule has 4 fully saturated rings. The number of aliphatic carboxylic acids is 3. The van der Waals surface area contributed by atoms with Gasteiger partial charge < -0.3 is 89.3 Å². The molecule has 510 valence electrons. The third-order valence-electron chi connectivity index (χ3n) is 16.6. The van der Waals surface area contributed by atoms with Crippen molar-refractivity contribution in [1.82, 2.24) is 62.6 Å². The van der Waals surface area contributed by atoms with E-state index in [1.807, 2.05) is 5.32 Å². The number of carbonyl (C=O) groups excluding carboxylic acids is 12. The Bertz CT molecular complexity index is 2650. The number of nitrogens with zero attached hydrogens (tertiary/aromatic N) is 3. The van der Waals surface area contributed by atoms with Gasteiger partial charge in [-0.15, -0.1) is 0 Å². The summed E-state index contributed by atoms with van der Waals surface area (Å²) >= 11 is 0. The zero-order valence-electron chi connectivity index (χ0n) is 53.2. The second-order valence-corrected chi connectivity index (χ2v) is 25.0. The van der Waals surface area contributed by atoms with Gasteiger partial charge in [-0.2, -0.15) is 0 Å². The average Bonchev–Trinajstić information content (AvgIpc) is 2.05. The molecule has 0 unspecified atom stereocenters. The van der Waals surface area contributed by atoms with E-state index in [-0.39, 0.29) is 82.9 Å². The van der Waals surface area contributed by atoms with Gasteiger partial charge in [-0.1, -0.05) is 41.5 Å². The maximum absolute atomic E-state index is 14.6. The quantitative estimate of drug-likeness (QED) is 0.0275. The summed E-state index contributed by atoms with van der Waals surface area (Å²) in [6.07, 6.45) is 0.980. The fraction of sp³-hybridized carbons (Fsp3) is 0.746. The molecule has 0 saturated carbocycles. The summed E-state index contributed by atoms with van der Waals surface area (Å²) in [6.45, 7) is 12.9. The van der Waals surface area contributed by atoms with Crippen LogP contribution >= 0.6 is 0 Å². The second-order valence-electron chi connectivity index (χ2n) is 25.0. The van der Waals surface area contributed by atoms with E-state index >= 15 is 0 Å². The SMILES string of the molecule is CC(C)C[C@H](NC(=O)[C@@H]1CCCN1C(=O)[C@@H](NC(=O)[C@@H]1CCCN1C(=O)[C@H](CCC(=O)O)NC(=O)[C@@H]1CCCN1C(=O)[C@H](C)NC(=O)[C@@H]1CCCN1)C(C)C)C(=O)N[C@H](C(=O)N[C@@H](CCCCN)C(=O)N[C@@H](CCC(N)=O)C(=O)N[C@@H](CC(=O)O)C(=O)O)C(C)C. The van der Waals surface area contributed by atoms with Gasteiger partial charge in [0.1, 0.15) is 66.5 Å². The molecule has 0 aliphatic carbocycles. The molecule has 4 rings (SSSR count). The van der Waals surface area contributed by atoms with Gasteiger partial charge in [0.25, 0.3) is 0 Å². The minimum absolute atomic E-state index is 0.0498. The van der Waals surface area contributed by atoms with Crippen LogP contribution in [0.25, 0.3) is 0 Å². The summed E-state index contributed by atoms with van der Waals surface area (Å²) in [5.74, 6) is -14.9. The molecule has 12 amide bonds. The molecule has 4 heterocycles. The van der Waals surface area contributed by atoms with Crippen LogP contribution in [0.3, 0.4) is 0 Å². The van der Waals surface area contributed by atoms with E-state index in [1.165, 1.54) is 21.6 Å². The van der Waals surface area contributed by atoms with E-state index < -0.39 is 193 Å². The Balaban J connectivity index is 1.47. The van der Waals surface area contributed by atoms with Crippen molar-refractivity contribution >= 4 is 88.8 Å². The Hall–Kier alpha value is -8.03. The Morgan fingerprint density at radius 2 is 0.956 bits per heavy atom. The molecule has 32 nitrogen and oxygen atoms in total. The first-order valence-electron chi connectivity index (χ1n) is 31.6. The van der Waals surface area contributed by atoms with Crippen molar-refractivity contribution in [2.45, 2.75) is 230 Å². The van der Waals surface area contributed by atoms with Gasteiger partial charge in [0, 0.05) is 32.5 Å². The lowest BCUT2D eigenvalue weighted by atomic mass is 9.98. The van der Waals surface area contributed by atoms with Crippen molar-refractivity contribution in [3.8, 4) is 0 Å². The summed E-state index contributed by atoms with van der Waals surface area (Å²) in [4.78, 5) is 204. The highest BCUT2D eigenvalue weighted by molar-refractivity contribution is 6.00. The van der Waals surface area contributed by atoms with Crippen LogP contribution in [0.2, 0.25) is 0 Å². The number of hydrogen-bond donors (Lipinski definition) is 14. The Morgan fingerprint density at radius 1 is 0.473 bits per heavy atom. The van der Waals surface area contributed by atoms with Crippen LogP contribution in [0.5, 0.6) is 0 Å². The van der Waals surface area contributed by atoms with Crippen molar-refractivity contribution in [2.24, 2.45) is 29.2 Å². The van der Waals surface area contributed by atoms with Crippen molar-refractivity contribution in [2.75, 3.05) is 32.7 Å². The van der Waals surface area contributed by atoms with Gasteiger partial charge in [0.2, 0.25) is 70.9 Å². The van der Waals surface area contributed by atoms with Crippen LogP contribution in [0.1, 0.15) is 158 Å². The van der Waals surface area contributed by atoms with Crippen molar-refractivity contribution in [3.63, 3.8) is 0 Å². The molecule has 16 N–H and O–H groups in total. The summed E-state index contributed by atoms with van der Waals surface area (Å²) in [6, 6.07) is -14.9. The minimum Gasteiger partial charge on any atom is -0.481 e. The van der Waals surface area contributed by atoms with Crippen LogP contribution < -0.4 is 59.3 Å². The molecular formula is C59H96N14O18. The third kappa shape index (κ3) is 22.7. The van der Waals surface area contributed by atoms with E-state index in [4.69, 9.17) is 11.5 Å². The number of carboxylic acids is 3. The van der Waals surface area contributed by atoms with Crippen LogP contribution in [0.4, 0.5) is 0 Å². The molecule has 4 saturated heterocycles. The van der Waals surface area contributed by atoms with Crippen molar-refractivity contribution in [1.29, 1.82) is 0 Å². The number of primary amides is 1. The molecule has 91 heavy (non-hydrogen) atoms. The highest BCUT2D eigenvalue weighted by Gasteiger charge is 2.45. The second kappa shape index (κ2) is 36.1. The third-order valence-corrected chi connectivity index (χ3v) is 16.6. The molecule has 0 aromatic heterocycles. The number of nitrogens with one attached hydrogen (secondary N) is 9. The standard InChI is InChI=1S/C59H96N14O18/c1-30(2)28-38(51(82)69-46(31(3)4)55(86)65-35(14-8-9-23-60)49(80)64-36(19-21-43(61)74)50(81)68-39(59(90)91)29-45(77)78)67-53(84)41-17-13-27-73(41)58(89)47(32(5)6)70-54(85)42-18-12-26-72(42)57(88)37(20-22-44(75)76)66-52(83)40-16-11-25-71(40)56(87)33(7)63-48(79)34-15-10-24-62-34/h30-42,46-47,62H,8-29,60H2,1-7H3,(H2,61,74)(H,63,79)(H,64,80)(H,65,86)(H,66,83)(H,67,84)(H,68,81)(H,69,82)(H,70,85)(H,75,76)(H,77,78)(H,90,91)/t33-,34-,35-,36-,37-,38-,39-,40-,41-,42-,46-,47-/m0/s1. The number of carbonyl (C=O) groups is 15. The van der Waals surface area contributed by atoms with Crippen LogP contribution in [-0.4, -0.2) is 224 Å². The lowest BCUT2D eigenvalue weighted by Crippen LogP contribution is -2.61. The topological polar surface area (TPSA) is 487 Å². The van der Waals surface area contributed by atoms with E-state index in [0.717, 1.165) is 6.42 Å². The van der Waals surface area contributed by atoms with E-state index in [1.54, 1.807) is 41.5 Å². The normalized spacial score (nSPS) is 20.7. The Kier molecular flexibility index (Phi) is 29.9. The number of amides is 12. The van der Waals surface area contributed by atoms with Crippen LogP contribution in [0.15, 0.2) is 0 Å². The first kappa shape index (κ1) is 75.4. The van der Waals surface area contributed by atoms with Gasteiger partial charge >= 0.3 is 17.9 Å². The minimum atomic E-state index is -1.91. The number of unbranched alkanes of at least 4 members (excludes halogenated alkanes) is 1. The molecule has 0 radical (unpaired) electrons. The number of nitrogens with two attached hydrogens (primary N) is 2. The van der Waals surface area contributed by atoms with Gasteiger partial charge in [-0.25, -0.2) is 4.79 Å². The number of hydrogen-bond acceptors (Lipinski definition) is 17. The summed E-state index contributed by atoms with van der Waals surface area (Å²) < 4.78 is 0. The summed E-state index contributed by atoms with van der Waals surface area (Å²) in [5.41, 5.74) is 11.0. The van der Waals surface area contributed by atoms with Crippen molar-refractivity contribution < 1.29 is 87.2 Å². The summed E-state index contributed by atoms with van der Waals surface area (Å²) in [5, 5.41) is 52.1. The summed E-state index contributed by atoms with van der Waals surface area (Å²) in [7, 11) is 0. The van der Waals surface area contributed by atoms with Gasteiger partial charge in [0.05, 0.1) is 12.5 Å². The molecule has 0 spiro atoms. The molecule has 0 aromatic rings. The van der Waals surface area contributed by atoms with Gasteiger partial charge in [-0.05, 0) is 128 Å². The van der Waals surface area contributed by atoms with E-state index in [9.17, 15) is 87.2 Å². The van der Waals surface area contributed by atoms with Crippen LogP contribution in [0, 0.1) is 17.8 Å². The number of rotatable bonds is 36. The molecule has 4 aliphatic heterocycles. The highest BCUT2D eigenvalue weighted by Crippen LogP contribution is 2.25. The fourth-order valence-electron chi connectivity index (χ4n) is 11.6. The molecule has 4 aliphatic rings. The monoisotopic (exact) mass is 1290 g/mol. The maximum atomic E-state index is 14.6. The van der Waals surface area contributed by atoms with Crippen molar-refractivity contribution in [3.05, 3.63) is 0 Å². The molecular weight excluding hydrogens is 1190 g/mol. The molecule has 0 bridgehead atoms. The smallest absolute Gasteiger partial charge is 0.326 e. The largest absolute Gasteiger partial charge is 0.481 e. The van der Waals surface area contributed by atoms with E-state index in [2.05, 4.69) is 42.5 Å². The average molecular weight is 1290 g/mol.